The smallest absolute Gasteiger partial charge is 0.239 e. The third-order valence-corrected chi connectivity index (χ3v) is 3.73. The van der Waals surface area contributed by atoms with E-state index in [-0.39, 0.29) is 23.3 Å². The lowest BCUT2D eigenvalue weighted by molar-refractivity contribution is -0.125. The molecule has 1 fully saturated rings. The molecule has 1 unspecified atom stereocenters. The van der Waals surface area contributed by atoms with Crippen molar-refractivity contribution < 1.29 is 14.0 Å². The molecule has 0 radical (unpaired) electrons. The maximum Gasteiger partial charge on any atom is 0.239 e. The van der Waals surface area contributed by atoms with Gasteiger partial charge in [-0.15, -0.1) is 0 Å². The second kappa shape index (κ2) is 4.72. The van der Waals surface area contributed by atoms with Crippen LogP contribution in [-0.4, -0.2) is 32.0 Å². The third-order valence-electron chi connectivity index (χ3n) is 3.73. The topological polar surface area (TPSA) is 76.9 Å². The zero-order chi connectivity index (χ0) is 16.1. The predicted molar refractivity (Wildman–Crippen MR) is 76.4 cm³/mol. The van der Waals surface area contributed by atoms with E-state index >= 15 is 0 Å². The largest absolute Gasteiger partial charge is 0.343 e. The molecule has 1 aromatic carbocycles. The predicted octanol–water partition coefficient (Wildman–Crippen LogP) is 1.18. The number of aryl methyl sites for hydroxylation is 1. The number of hydrogen-bond donors (Lipinski definition) is 1. The summed E-state index contributed by atoms with van der Waals surface area (Å²) in [6.45, 7) is 3.31. The zero-order valence-electron chi connectivity index (χ0n) is 12.4. The molecule has 1 saturated heterocycles. The van der Waals surface area contributed by atoms with Crippen LogP contribution >= 0.6 is 0 Å². The fourth-order valence-corrected chi connectivity index (χ4v) is 2.53. The molecule has 0 bridgehead atoms. The molecule has 1 aliphatic rings. The van der Waals surface area contributed by atoms with Gasteiger partial charge in [0, 0.05) is 12.6 Å². The summed E-state index contributed by atoms with van der Waals surface area (Å²) in [5.41, 5.74) is -0.294. The fourth-order valence-electron chi connectivity index (χ4n) is 2.53. The lowest BCUT2D eigenvalue weighted by atomic mass is 9.94. The monoisotopic (exact) mass is 302 g/mol. The van der Waals surface area contributed by atoms with Gasteiger partial charge in [0.2, 0.25) is 5.91 Å². The summed E-state index contributed by atoms with van der Waals surface area (Å²) >= 11 is 0. The highest BCUT2D eigenvalue weighted by atomic mass is 19.1. The molecule has 1 atom stereocenters. The first-order valence-electron chi connectivity index (χ1n) is 6.83. The van der Waals surface area contributed by atoms with Crippen molar-refractivity contribution in [3.05, 3.63) is 35.9 Å². The van der Waals surface area contributed by atoms with E-state index in [0.717, 1.165) is 0 Å². The van der Waals surface area contributed by atoms with Crippen molar-refractivity contribution in [3.8, 4) is 11.4 Å². The minimum absolute atomic E-state index is 0.237. The SMILES string of the molecule is Cn1nc(-c2ccc(F)cc2)nc1C1C(=O)NC(C)(C)C1=O. The molecule has 7 heteroatoms. The molecule has 1 aromatic heterocycles. The second-order valence-corrected chi connectivity index (χ2v) is 5.84. The number of nitrogens with zero attached hydrogens (tertiary/aromatic N) is 3. The Balaban J connectivity index is 2.02. The van der Waals surface area contributed by atoms with Gasteiger partial charge in [0.1, 0.15) is 11.6 Å². The van der Waals surface area contributed by atoms with Crippen LogP contribution in [0.2, 0.25) is 0 Å². The fraction of sp³-hybridized carbons (Fsp3) is 0.333. The van der Waals surface area contributed by atoms with Crippen LogP contribution in [0, 0.1) is 5.82 Å². The van der Waals surface area contributed by atoms with Crippen molar-refractivity contribution in [2.45, 2.75) is 25.3 Å². The molecule has 1 aliphatic heterocycles. The molecule has 1 amide bonds. The Morgan fingerprint density at radius 2 is 1.86 bits per heavy atom. The van der Waals surface area contributed by atoms with Gasteiger partial charge in [-0.1, -0.05) is 0 Å². The van der Waals surface area contributed by atoms with E-state index in [1.807, 2.05) is 0 Å². The number of nitrogens with one attached hydrogen (secondary N) is 1. The maximum absolute atomic E-state index is 13.0. The highest BCUT2D eigenvalue weighted by Gasteiger charge is 2.49. The molecule has 114 valence electrons. The van der Waals surface area contributed by atoms with Gasteiger partial charge in [0.25, 0.3) is 0 Å². The number of carbonyl (C=O) groups excluding carboxylic acids is 2. The van der Waals surface area contributed by atoms with Gasteiger partial charge in [-0.25, -0.2) is 9.37 Å². The van der Waals surface area contributed by atoms with E-state index in [0.29, 0.717) is 11.4 Å². The molecule has 1 N–H and O–H groups in total. The van der Waals surface area contributed by atoms with Crippen molar-refractivity contribution >= 4 is 11.7 Å². The Kier molecular flexibility index (Phi) is 3.09. The number of amides is 1. The number of Topliss-reactive ketones (excluding diaryl/α,β-unsaturated/α-hetero) is 1. The van der Waals surface area contributed by atoms with Crippen LogP contribution in [0.5, 0.6) is 0 Å². The molecule has 2 heterocycles. The molecule has 2 aromatic rings. The summed E-state index contributed by atoms with van der Waals surface area (Å²) in [6, 6.07) is 5.72. The number of rotatable bonds is 2. The minimum atomic E-state index is -0.971. The van der Waals surface area contributed by atoms with Gasteiger partial charge in [-0.2, -0.15) is 5.10 Å². The van der Waals surface area contributed by atoms with Gasteiger partial charge in [0.05, 0.1) is 5.54 Å². The first-order chi connectivity index (χ1) is 10.3. The molecule has 6 nitrogen and oxygen atoms in total. The lowest BCUT2D eigenvalue weighted by Gasteiger charge is -2.14. The van der Waals surface area contributed by atoms with Crippen LogP contribution in [0.25, 0.3) is 11.4 Å². The number of ketones is 1. The molecular weight excluding hydrogens is 287 g/mol. The average molecular weight is 302 g/mol. The van der Waals surface area contributed by atoms with Gasteiger partial charge in [0.15, 0.2) is 17.5 Å². The van der Waals surface area contributed by atoms with E-state index in [2.05, 4.69) is 15.4 Å². The summed E-state index contributed by atoms with van der Waals surface area (Å²) in [5, 5.41) is 6.88. The van der Waals surface area contributed by atoms with Crippen molar-refractivity contribution in [1.82, 2.24) is 20.1 Å². The van der Waals surface area contributed by atoms with Crippen LogP contribution in [0.15, 0.2) is 24.3 Å². The number of hydrogen-bond acceptors (Lipinski definition) is 4. The molecular formula is C15H15FN4O2. The van der Waals surface area contributed by atoms with Gasteiger partial charge < -0.3 is 5.32 Å². The van der Waals surface area contributed by atoms with Crippen LogP contribution < -0.4 is 5.32 Å². The highest BCUT2D eigenvalue weighted by Crippen LogP contribution is 2.29. The van der Waals surface area contributed by atoms with Crippen LogP contribution in [0.1, 0.15) is 25.6 Å². The third kappa shape index (κ3) is 2.18. The number of benzene rings is 1. The van der Waals surface area contributed by atoms with Gasteiger partial charge in [-0.05, 0) is 38.1 Å². The number of halogens is 1. The van der Waals surface area contributed by atoms with E-state index in [4.69, 9.17) is 0 Å². The molecule has 3 rings (SSSR count). The van der Waals surface area contributed by atoms with E-state index < -0.39 is 11.5 Å². The Hall–Kier alpha value is -2.57. The van der Waals surface area contributed by atoms with E-state index in [1.54, 1.807) is 33.0 Å². The van der Waals surface area contributed by atoms with Crippen molar-refractivity contribution in [1.29, 1.82) is 0 Å². The quantitative estimate of drug-likeness (QED) is 0.845. The Labute approximate surface area is 126 Å². The van der Waals surface area contributed by atoms with Crippen LogP contribution in [-0.2, 0) is 16.6 Å². The molecule has 22 heavy (non-hydrogen) atoms. The number of carbonyl (C=O) groups is 2. The van der Waals surface area contributed by atoms with Crippen molar-refractivity contribution in [3.63, 3.8) is 0 Å². The van der Waals surface area contributed by atoms with E-state index in [1.165, 1.54) is 16.8 Å². The maximum atomic E-state index is 13.0. The summed E-state index contributed by atoms with van der Waals surface area (Å²) in [6.07, 6.45) is 0. The van der Waals surface area contributed by atoms with Crippen molar-refractivity contribution in [2.75, 3.05) is 0 Å². The first kappa shape index (κ1) is 14.4. The van der Waals surface area contributed by atoms with Gasteiger partial charge >= 0.3 is 0 Å². The second-order valence-electron chi connectivity index (χ2n) is 5.84. The van der Waals surface area contributed by atoms with Crippen LogP contribution in [0.4, 0.5) is 4.39 Å². The Morgan fingerprint density at radius 1 is 1.23 bits per heavy atom. The van der Waals surface area contributed by atoms with Crippen molar-refractivity contribution in [2.24, 2.45) is 7.05 Å². The zero-order valence-corrected chi connectivity index (χ0v) is 12.4. The summed E-state index contributed by atoms with van der Waals surface area (Å²) < 4.78 is 14.4. The Morgan fingerprint density at radius 3 is 2.41 bits per heavy atom. The Bertz CT molecular complexity index is 764. The van der Waals surface area contributed by atoms with E-state index in [9.17, 15) is 14.0 Å². The van der Waals surface area contributed by atoms with Crippen LogP contribution in [0.3, 0.4) is 0 Å². The minimum Gasteiger partial charge on any atom is -0.343 e. The molecule has 0 spiro atoms. The number of aromatic nitrogens is 3. The highest BCUT2D eigenvalue weighted by molar-refractivity contribution is 6.16. The normalized spacial score (nSPS) is 20.3. The van der Waals surface area contributed by atoms with Gasteiger partial charge in [-0.3, -0.25) is 14.3 Å². The summed E-state index contributed by atoms with van der Waals surface area (Å²) in [5.74, 6) is -1.31. The summed E-state index contributed by atoms with van der Waals surface area (Å²) in [7, 11) is 1.63. The molecule has 0 saturated carbocycles. The molecule has 0 aliphatic carbocycles. The standard InChI is InChI=1S/C15H15FN4O2/c1-15(2)11(21)10(14(22)18-15)13-17-12(19-20(13)3)8-4-6-9(16)7-5-8/h4-7,10H,1-3H3,(H,18,22). The lowest BCUT2D eigenvalue weighted by Crippen LogP contribution is -2.39. The summed E-state index contributed by atoms with van der Waals surface area (Å²) in [4.78, 5) is 28.8. The first-order valence-corrected chi connectivity index (χ1v) is 6.83. The average Bonchev–Trinajstić information content (AvgIpc) is 2.89.